The van der Waals surface area contributed by atoms with E-state index in [2.05, 4.69) is 53.2 Å². The number of thiocarbonyl (C=S) groups is 1. The second kappa shape index (κ2) is 7.18. The Kier molecular flexibility index (Phi) is 5.00. The second-order valence-corrected chi connectivity index (χ2v) is 6.62. The first-order valence-corrected chi connectivity index (χ1v) is 8.59. The number of rotatable bonds is 2. The minimum Gasteiger partial charge on any atom is -0.365 e. The number of anilines is 2. The smallest absolute Gasteiger partial charge is 0.173 e. The van der Waals surface area contributed by atoms with Gasteiger partial charge in [0.05, 0.1) is 5.69 Å². The lowest BCUT2D eigenvalue weighted by Gasteiger charge is -2.42. The lowest BCUT2D eigenvalue weighted by Crippen LogP contribution is -2.54. The van der Waals surface area contributed by atoms with Gasteiger partial charge < -0.3 is 15.1 Å². The van der Waals surface area contributed by atoms with Crippen molar-refractivity contribution < 1.29 is 4.39 Å². The molecule has 0 unspecified atom stereocenters. The Morgan fingerprint density at radius 1 is 1.12 bits per heavy atom. The Balaban J connectivity index is 1.63. The summed E-state index contributed by atoms with van der Waals surface area (Å²) in [5.74, 6) is -0.286. The van der Waals surface area contributed by atoms with Gasteiger partial charge in [-0.25, -0.2) is 4.39 Å². The normalized spacial score (nSPS) is 17.7. The van der Waals surface area contributed by atoms with E-state index < -0.39 is 0 Å². The summed E-state index contributed by atoms with van der Waals surface area (Å²) in [5.41, 5.74) is 2.93. The molecule has 0 aliphatic carbocycles. The average Bonchev–Trinajstić information content (AvgIpc) is 2.58. The molecule has 24 heavy (non-hydrogen) atoms. The number of para-hydroxylation sites is 1. The first-order valence-electron chi connectivity index (χ1n) is 8.18. The molecule has 3 rings (SSSR count). The number of hydrogen-bond donors (Lipinski definition) is 1. The van der Waals surface area contributed by atoms with E-state index in [0.29, 0.717) is 16.8 Å². The van der Waals surface area contributed by atoms with Crippen LogP contribution in [0.15, 0.2) is 48.5 Å². The monoisotopic (exact) mass is 343 g/mol. The van der Waals surface area contributed by atoms with Gasteiger partial charge in [0.25, 0.3) is 0 Å². The molecule has 0 amide bonds. The van der Waals surface area contributed by atoms with Crippen LogP contribution in [0.25, 0.3) is 0 Å². The Labute approximate surface area is 148 Å². The van der Waals surface area contributed by atoms with Crippen LogP contribution in [0, 0.1) is 12.7 Å². The van der Waals surface area contributed by atoms with Gasteiger partial charge in [0.15, 0.2) is 5.11 Å². The van der Waals surface area contributed by atoms with Crippen LogP contribution in [0.5, 0.6) is 0 Å². The van der Waals surface area contributed by atoms with Crippen molar-refractivity contribution in [2.75, 3.05) is 29.9 Å². The summed E-state index contributed by atoms with van der Waals surface area (Å²) in [4.78, 5) is 4.50. The average molecular weight is 343 g/mol. The number of piperazine rings is 1. The highest BCUT2D eigenvalue weighted by Gasteiger charge is 2.25. The maximum Gasteiger partial charge on any atom is 0.173 e. The van der Waals surface area contributed by atoms with Crippen LogP contribution in [-0.2, 0) is 0 Å². The highest BCUT2D eigenvalue weighted by Crippen LogP contribution is 2.22. The molecule has 1 N–H and O–H groups in total. The van der Waals surface area contributed by atoms with E-state index in [-0.39, 0.29) is 5.82 Å². The summed E-state index contributed by atoms with van der Waals surface area (Å²) in [5, 5.41) is 3.61. The van der Waals surface area contributed by atoms with Gasteiger partial charge in [-0.2, -0.15) is 0 Å². The van der Waals surface area contributed by atoms with E-state index in [9.17, 15) is 4.39 Å². The molecule has 2 aromatic rings. The first-order chi connectivity index (χ1) is 11.5. The third-order valence-electron chi connectivity index (χ3n) is 4.40. The van der Waals surface area contributed by atoms with Crippen molar-refractivity contribution in [2.45, 2.75) is 19.9 Å². The summed E-state index contributed by atoms with van der Waals surface area (Å²) >= 11 is 5.47. The molecule has 1 aliphatic rings. The number of halogens is 1. The highest BCUT2D eigenvalue weighted by molar-refractivity contribution is 7.80. The number of nitrogens with one attached hydrogen (secondary N) is 1. The first kappa shape index (κ1) is 16.7. The van der Waals surface area contributed by atoms with E-state index in [4.69, 9.17) is 12.2 Å². The third kappa shape index (κ3) is 3.67. The Morgan fingerprint density at radius 2 is 1.83 bits per heavy atom. The van der Waals surface area contributed by atoms with Crippen molar-refractivity contribution in [1.29, 1.82) is 0 Å². The Hall–Kier alpha value is -2.14. The quantitative estimate of drug-likeness (QED) is 0.829. The summed E-state index contributed by atoms with van der Waals surface area (Å²) in [6.07, 6.45) is 0. The fourth-order valence-corrected chi connectivity index (χ4v) is 3.29. The summed E-state index contributed by atoms with van der Waals surface area (Å²) in [6.45, 7) is 6.81. The lowest BCUT2D eigenvalue weighted by molar-refractivity contribution is 0.342. The molecule has 126 valence electrons. The van der Waals surface area contributed by atoms with Crippen molar-refractivity contribution in [3.63, 3.8) is 0 Å². The predicted molar refractivity (Wildman–Crippen MR) is 102 cm³/mol. The molecule has 5 heteroatoms. The highest BCUT2D eigenvalue weighted by atomic mass is 32.1. The molecule has 1 heterocycles. The largest absolute Gasteiger partial charge is 0.365 e. The van der Waals surface area contributed by atoms with Gasteiger partial charge in [-0.3, -0.25) is 0 Å². The van der Waals surface area contributed by atoms with Crippen molar-refractivity contribution in [2.24, 2.45) is 0 Å². The number of hydrogen-bond acceptors (Lipinski definition) is 2. The maximum absolute atomic E-state index is 13.8. The third-order valence-corrected chi connectivity index (χ3v) is 4.76. The van der Waals surface area contributed by atoms with Gasteiger partial charge in [0.1, 0.15) is 5.82 Å². The van der Waals surface area contributed by atoms with Crippen LogP contribution in [0.2, 0.25) is 0 Å². The zero-order valence-corrected chi connectivity index (χ0v) is 14.8. The Morgan fingerprint density at radius 3 is 2.50 bits per heavy atom. The van der Waals surface area contributed by atoms with Crippen molar-refractivity contribution in [3.05, 3.63) is 59.9 Å². The van der Waals surface area contributed by atoms with Crippen LogP contribution in [0.4, 0.5) is 15.8 Å². The fraction of sp³-hybridized carbons (Fsp3) is 0.316. The fourth-order valence-electron chi connectivity index (χ4n) is 3.02. The molecule has 1 saturated heterocycles. The molecule has 1 fully saturated rings. The van der Waals surface area contributed by atoms with E-state index >= 15 is 0 Å². The van der Waals surface area contributed by atoms with E-state index in [1.165, 1.54) is 17.3 Å². The number of benzene rings is 2. The van der Waals surface area contributed by atoms with E-state index in [0.717, 1.165) is 19.6 Å². The van der Waals surface area contributed by atoms with Crippen molar-refractivity contribution in [1.82, 2.24) is 4.90 Å². The maximum atomic E-state index is 13.8. The van der Waals surface area contributed by atoms with Crippen molar-refractivity contribution in [3.8, 4) is 0 Å². The zero-order chi connectivity index (χ0) is 17.1. The van der Waals surface area contributed by atoms with Gasteiger partial charge in [-0.1, -0.05) is 29.8 Å². The molecule has 1 atom stereocenters. The van der Waals surface area contributed by atoms with Crippen LogP contribution in [-0.4, -0.2) is 35.7 Å². The van der Waals surface area contributed by atoms with Crippen LogP contribution < -0.4 is 10.2 Å². The van der Waals surface area contributed by atoms with Crippen LogP contribution in [0.3, 0.4) is 0 Å². The van der Waals surface area contributed by atoms with E-state index in [1.54, 1.807) is 18.2 Å². The molecule has 0 radical (unpaired) electrons. The van der Waals surface area contributed by atoms with Crippen LogP contribution in [0.1, 0.15) is 12.5 Å². The summed E-state index contributed by atoms with van der Waals surface area (Å²) in [7, 11) is 0. The Bertz CT molecular complexity index is 717. The minimum atomic E-state index is -0.286. The van der Waals surface area contributed by atoms with Gasteiger partial charge in [-0.05, 0) is 50.3 Å². The molecule has 0 bridgehead atoms. The molecule has 0 spiro atoms. The minimum absolute atomic E-state index is 0.286. The number of nitrogens with zero attached hydrogens (tertiary/aromatic N) is 2. The standard InChI is InChI=1S/C19H22FN3S/c1-14-7-9-16(10-8-14)23-12-11-22(13-15(23)2)19(24)21-18-6-4-3-5-17(18)20/h3-10,15H,11-13H2,1-2H3,(H,21,24)/t15-/m1/s1. The van der Waals surface area contributed by atoms with Gasteiger partial charge in [0.2, 0.25) is 0 Å². The van der Waals surface area contributed by atoms with Crippen molar-refractivity contribution >= 4 is 28.7 Å². The second-order valence-electron chi connectivity index (χ2n) is 6.23. The van der Waals surface area contributed by atoms with Gasteiger partial charge in [0, 0.05) is 31.4 Å². The SMILES string of the molecule is Cc1ccc(N2CCN(C(=S)Nc3ccccc3F)C[C@H]2C)cc1. The number of aryl methyl sites for hydroxylation is 1. The van der Waals surface area contributed by atoms with Gasteiger partial charge >= 0.3 is 0 Å². The molecule has 0 aromatic heterocycles. The lowest BCUT2D eigenvalue weighted by atomic mass is 10.1. The zero-order valence-electron chi connectivity index (χ0n) is 14.0. The van der Waals surface area contributed by atoms with E-state index in [1.807, 2.05) is 0 Å². The van der Waals surface area contributed by atoms with Gasteiger partial charge in [-0.15, -0.1) is 0 Å². The topological polar surface area (TPSA) is 18.5 Å². The predicted octanol–water partition coefficient (Wildman–Crippen LogP) is 4.04. The van der Waals surface area contributed by atoms with Crippen LogP contribution >= 0.6 is 12.2 Å². The molecular formula is C19H22FN3S. The molecule has 1 aliphatic heterocycles. The molecular weight excluding hydrogens is 321 g/mol. The summed E-state index contributed by atoms with van der Waals surface area (Å²) in [6, 6.07) is 15.5. The molecule has 2 aromatic carbocycles. The summed E-state index contributed by atoms with van der Waals surface area (Å²) < 4.78 is 13.8. The molecule has 3 nitrogen and oxygen atoms in total. The molecule has 0 saturated carbocycles.